The van der Waals surface area contributed by atoms with Crippen LogP contribution in [0, 0.1) is 5.92 Å². The summed E-state index contributed by atoms with van der Waals surface area (Å²) in [6.45, 7) is 5.57. The molecule has 124 valence electrons. The highest BCUT2D eigenvalue weighted by Gasteiger charge is 2.33. The number of rotatable bonds is 4. The Balaban J connectivity index is 2.05. The van der Waals surface area contributed by atoms with Crippen LogP contribution in [-0.2, 0) is 11.2 Å². The van der Waals surface area contributed by atoms with Crippen molar-refractivity contribution in [1.29, 1.82) is 0 Å². The fraction of sp³-hybridized carbons (Fsp3) is 0.500. The molecule has 4 nitrogen and oxygen atoms in total. The van der Waals surface area contributed by atoms with Gasteiger partial charge in [-0.15, -0.1) is 0 Å². The van der Waals surface area contributed by atoms with Gasteiger partial charge in [0.15, 0.2) is 0 Å². The van der Waals surface area contributed by atoms with Gasteiger partial charge in [-0.2, -0.15) is 0 Å². The molecular weight excluding hydrogens is 310 g/mol. The van der Waals surface area contributed by atoms with E-state index in [9.17, 15) is 4.79 Å². The second-order valence-electron chi connectivity index (χ2n) is 6.72. The molecule has 0 fully saturated rings. The fourth-order valence-electron chi connectivity index (χ4n) is 3.59. The first-order chi connectivity index (χ1) is 11.0. The molecule has 1 aromatic heterocycles. The van der Waals surface area contributed by atoms with E-state index >= 15 is 0 Å². The third-order valence-electron chi connectivity index (χ3n) is 4.56. The number of amides is 1. The van der Waals surface area contributed by atoms with Gasteiger partial charge in [-0.3, -0.25) is 4.79 Å². The SMILES string of the molecule is CNCC(=O)N1CCc2c([nH]c3cc(Cl)ccc23)C1CC(C)C. The predicted molar refractivity (Wildman–Crippen MR) is 94.8 cm³/mol. The Kier molecular flexibility index (Phi) is 4.64. The van der Waals surface area contributed by atoms with Crippen LogP contribution < -0.4 is 5.32 Å². The number of likely N-dealkylation sites (N-methyl/N-ethyl adjacent to an activating group) is 1. The van der Waals surface area contributed by atoms with Crippen LogP contribution in [0.4, 0.5) is 0 Å². The monoisotopic (exact) mass is 333 g/mol. The van der Waals surface area contributed by atoms with Crippen molar-refractivity contribution in [1.82, 2.24) is 15.2 Å². The van der Waals surface area contributed by atoms with E-state index in [1.807, 2.05) is 24.1 Å². The number of hydrogen-bond acceptors (Lipinski definition) is 2. The van der Waals surface area contributed by atoms with Gasteiger partial charge >= 0.3 is 0 Å². The molecule has 3 rings (SSSR count). The lowest BCUT2D eigenvalue weighted by atomic mass is 9.91. The number of H-pyrrole nitrogens is 1. The van der Waals surface area contributed by atoms with Crippen molar-refractivity contribution < 1.29 is 4.79 Å². The first-order valence-corrected chi connectivity index (χ1v) is 8.63. The van der Waals surface area contributed by atoms with E-state index in [1.54, 1.807) is 0 Å². The Morgan fingerprint density at radius 2 is 2.26 bits per heavy atom. The van der Waals surface area contributed by atoms with Gasteiger partial charge in [0.05, 0.1) is 12.6 Å². The summed E-state index contributed by atoms with van der Waals surface area (Å²) in [5.41, 5.74) is 3.60. The number of halogens is 1. The zero-order valence-corrected chi connectivity index (χ0v) is 14.7. The summed E-state index contributed by atoms with van der Waals surface area (Å²) in [6, 6.07) is 6.12. The zero-order valence-electron chi connectivity index (χ0n) is 13.9. The lowest BCUT2D eigenvalue weighted by Crippen LogP contribution is -2.44. The Bertz CT molecular complexity index is 722. The Morgan fingerprint density at radius 3 is 2.96 bits per heavy atom. The summed E-state index contributed by atoms with van der Waals surface area (Å²) >= 11 is 6.13. The molecule has 0 spiro atoms. The summed E-state index contributed by atoms with van der Waals surface area (Å²) < 4.78 is 0. The first kappa shape index (κ1) is 16.3. The molecule has 0 saturated carbocycles. The van der Waals surface area contributed by atoms with Gasteiger partial charge in [0.2, 0.25) is 5.91 Å². The first-order valence-electron chi connectivity index (χ1n) is 8.25. The van der Waals surface area contributed by atoms with Crippen molar-refractivity contribution in [2.75, 3.05) is 20.1 Å². The fourth-order valence-corrected chi connectivity index (χ4v) is 3.76. The summed E-state index contributed by atoms with van der Waals surface area (Å²) in [5, 5.41) is 4.95. The number of aromatic amines is 1. The van der Waals surface area contributed by atoms with Gasteiger partial charge in [0, 0.05) is 28.2 Å². The van der Waals surface area contributed by atoms with E-state index in [-0.39, 0.29) is 11.9 Å². The van der Waals surface area contributed by atoms with Crippen molar-refractivity contribution in [3.05, 3.63) is 34.5 Å². The molecule has 23 heavy (non-hydrogen) atoms. The van der Waals surface area contributed by atoms with Crippen LogP contribution in [0.1, 0.15) is 37.6 Å². The quantitative estimate of drug-likeness (QED) is 0.899. The lowest BCUT2D eigenvalue weighted by Gasteiger charge is -2.37. The van der Waals surface area contributed by atoms with E-state index in [0.717, 1.165) is 29.9 Å². The maximum atomic E-state index is 12.5. The van der Waals surface area contributed by atoms with Gasteiger partial charge in [-0.05, 0) is 43.5 Å². The largest absolute Gasteiger partial charge is 0.356 e. The molecular formula is C18H24ClN3O. The molecule has 2 aromatic rings. The zero-order chi connectivity index (χ0) is 16.6. The molecule has 0 aliphatic carbocycles. The third-order valence-corrected chi connectivity index (χ3v) is 4.79. The van der Waals surface area contributed by atoms with Crippen LogP contribution in [0.2, 0.25) is 5.02 Å². The van der Waals surface area contributed by atoms with Crippen LogP contribution in [-0.4, -0.2) is 35.9 Å². The van der Waals surface area contributed by atoms with Crippen molar-refractivity contribution in [3.63, 3.8) is 0 Å². The maximum Gasteiger partial charge on any atom is 0.237 e. The number of nitrogens with zero attached hydrogens (tertiary/aromatic N) is 1. The average molecular weight is 334 g/mol. The number of hydrogen-bond donors (Lipinski definition) is 2. The minimum Gasteiger partial charge on any atom is -0.356 e. The lowest BCUT2D eigenvalue weighted by molar-refractivity contribution is -0.133. The molecule has 0 radical (unpaired) electrons. The number of nitrogens with one attached hydrogen (secondary N) is 2. The van der Waals surface area contributed by atoms with E-state index in [0.29, 0.717) is 12.5 Å². The van der Waals surface area contributed by atoms with Crippen LogP contribution in [0.5, 0.6) is 0 Å². The minimum absolute atomic E-state index is 0.116. The van der Waals surface area contributed by atoms with E-state index in [1.165, 1.54) is 16.6 Å². The van der Waals surface area contributed by atoms with Crippen LogP contribution in [0.15, 0.2) is 18.2 Å². The number of carbonyl (C=O) groups excluding carboxylic acids is 1. The Morgan fingerprint density at radius 1 is 1.48 bits per heavy atom. The molecule has 2 N–H and O–H groups in total. The highest BCUT2D eigenvalue weighted by Crippen LogP contribution is 2.38. The van der Waals surface area contributed by atoms with Gasteiger partial charge in [-0.25, -0.2) is 0 Å². The molecule has 5 heteroatoms. The minimum atomic E-state index is 0.116. The second-order valence-corrected chi connectivity index (χ2v) is 7.16. The summed E-state index contributed by atoms with van der Waals surface area (Å²) in [5.74, 6) is 0.686. The summed E-state index contributed by atoms with van der Waals surface area (Å²) in [4.78, 5) is 18.1. The van der Waals surface area contributed by atoms with Crippen LogP contribution in [0.25, 0.3) is 10.9 Å². The number of benzene rings is 1. The molecule has 1 atom stereocenters. The Labute approximate surface area is 142 Å². The molecule has 0 bridgehead atoms. The molecule has 1 aliphatic rings. The topological polar surface area (TPSA) is 48.1 Å². The Hall–Kier alpha value is -1.52. The van der Waals surface area contributed by atoms with Crippen LogP contribution in [0.3, 0.4) is 0 Å². The smallest absolute Gasteiger partial charge is 0.237 e. The standard InChI is InChI=1S/C18H24ClN3O/c1-11(2)8-16-18-14(6-7-22(16)17(23)10-20-3)13-5-4-12(19)9-15(13)21-18/h4-5,9,11,16,20-21H,6-8,10H2,1-3H3. The molecule has 0 saturated heterocycles. The van der Waals surface area contributed by atoms with Crippen LogP contribution >= 0.6 is 11.6 Å². The van der Waals surface area contributed by atoms with E-state index < -0.39 is 0 Å². The van der Waals surface area contributed by atoms with Gasteiger partial charge in [-0.1, -0.05) is 31.5 Å². The normalized spacial score (nSPS) is 17.8. The molecule has 1 unspecified atom stereocenters. The van der Waals surface area contributed by atoms with Crippen molar-refractivity contribution in [2.45, 2.75) is 32.7 Å². The summed E-state index contributed by atoms with van der Waals surface area (Å²) in [7, 11) is 1.82. The maximum absolute atomic E-state index is 12.5. The third kappa shape index (κ3) is 3.10. The van der Waals surface area contributed by atoms with E-state index in [2.05, 4.69) is 30.2 Å². The highest BCUT2D eigenvalue weighted by molar-refractivity contribution is 6.31. The number of aromatic nitrogens is 1. The number of carbonyl (C=O) groups is 1. The molecule has 1 aliphatic heterocycles. The summed E-state index contributed by atoms with van der Waals surface area (Å²) in [6.07, 6.45) is 1.85. The molecule has 2 heterocycles. The van der Waals surface area contributed by atoms with Gasteiger partial charge in [0.1, 0.15) is 0 Å². The number of fused-ring (bicyclic) bond motifs is 3. The van der Waals surface area contributed by atoms with E-state index in [4.69, 9.17) is 11.6 Å². The van der Waals surface area contributed by atoms with Gasteiger partial charge < -0.3 is 15.2 Å². The second kappa shape index (κ2) is 6.54. The molecule has 1 amide bonds. The van der Waals surface area contributed by atoms with Crippen molar-refractivity contribution in [2.24, 2.45) is 5.92 Å². The predicted octanol–water partition coefficient (Wildman–Crippen LogP) is 3.51. The van der Waals surface area contributed by atoms with Crippen molar-refractivity contribution in [3.8, 4) is 0 Å². The van der Waals surface area contributed by atoms with Crippen molar-refractivity contribution >= 4 is 28.4 Å². The van der Waals surface area contributed by atoms with Gasteiger partial charge in [0.25, 0.3) is 0 Å². The highest BCUT2D eigenvalue weighted by atomic mass is 35.5. The average Bonchev–Trinajstić information content (AvgIpc) is 2.85. The molecule has 1 aromatic carbocycles.